The molecular weight excluding hydrogens is 270 g/mol. The number of halogens is 1. The predicted octanol–water partition coefficient (Wildman–Crippen LogP) is 3.22. The van der Waals surface area contributed by atoms with Crippen LogP contribution in [0.5, 0.6) is 0 Å². The van der Waals surface area contributed by atoms with E-state index in [2.05, 4.69) is 29.8 Å². The van der Waals surface area contributed by atoms with Gasteiger partial charge in [0.05, 0.1) is 5.52 Å². The van der Waals surface area contributed by atoms with Crippen LogP contribution in [0.2, 0.25) is 0 Å². The van der Waals surface area contributed by atoms with Crippen molar-refractivity contribution in [1.82, 2.24) is 4.57 Å². The Morgan fingerprint density at radius 1 is 1.38 bits per heavy atom. The van der Waals surface area contributed by atoms with Crippen LogP contribution in [0, 0.1) is 5.92 Å². The van der Waals surface area contributed by atoms with Crippen LogP contribution in [0.4, 0.5) is 0 Å². The molecule has 0 fully saturated rings. The summed E-state index contributed by atoms with van der Waals surface area (Å²) in [5.74, 6) is 0.177. The molecule has 1 aromatic carbocycles. The van der Waals surface area contributed by atoms with Gasteiger partial charge in [0, 0.05) is 11.9 Å². The zero-order valence-corrected chi connectivity index (χ0v) is 11.1. The maximum atomic E-state index is 11.3. The Morgan fingerprint density at radius 2 is 2.06 bits per heavy atom. The zero-order chi connectivity index (χ0) is 11.9. The summed E-state index contributed by atoms with van der Waals surface area (Å²) >= 11 is 3.63. The van der Waals surface area contributed by atoms with E-state index in [4.69, 9.17) is 4.42 Å². The molecule has 0 saturated carbocycles. The summed E-state index contributed by atoms with van der Waals surface area (Å²) in [4.78, 5) is 11.6. The molecule has 0 N–H and O–H groups in total. The lowest BCUT2D eigenvalue weighted by Gasteiger charge is -2.13. The van der Waals surface area contributed by atoms with Gasteiger partial charge in [-0.25, -0.2) is 4.79 Å². The van der Waals surface area contributed by atoms with Crippen LogP contribution in [-0.4, -0.2) is 4.57 Å². The van der Waals surface area contributed by atoms with Crippen molar-refractivity contribution in [2.24, 2.45) is 13.0 Å². The molecule has 86 valence electrons. The summed E-state index contributed by atoms with van der Waals surface area (Å²) in [6.45, 7) is 4.29. The number of aryl methyl sites for hydroxylation is 1. The third-order valence-corrected chi connectivity index (χ3v) is 4.31. The molecule has 0 aliphatic rings. The molecule has 2 aromatic rings. The van der Waals surface area contributed by atoms with Crippen molar-refractivity contribution in [2.75, 3.05) is 0 Å². The average Bonchev–Trinajstić information content (AvgIpc) is 2.53. The number of fused-ring (bicyclic) bond motifs is 1. The minimum atomic E-state index is -0.317. The SMILES string of the molecule is CC(C)C(Br)c1ccc2c(c1)oc(=O)n2C. The number of rotatable bonds is 2. The summed E-state index contributed by atoms with van der Waals surface area (Å²) in [6.07, 6.45) is 0. The van der Waals surface area contributed by atoms with Crippen molar-refractivity contribution in [3.8, 4) is 0 Å². The molecule has 1 unspecified atom stereocenters. The molecular formula is C12H14BrNO2. The third kappa shape index (κ3) is 1.82. The second-order valence-corrected chi connectivity index (χ2v) is 5.29. The molecule has 4 heteroatoms. The van der Waals surface area contributed by atoms with E-state index in [-0.39, 0.29) is 10.6 Å². The molecule has 1 aromatic heterocycles. The molecule has 1 heterocycles. The van der Waals surface area contributed by atoms with Gasteiger partial charge in [-0.3, -0.25) is 4.57 Å². The number of hydrogen-bond acceptors (Lipinski definition) is 2. The van der Waals surface area contributed by atoms with Crippen molar-refractivity contribution in [3.05, 3.63) is 34.3 Å². The Kier molecular flexibility index (Phi) is 2.93. The van der Waals surface area contributed by atoms with Crippen LogP contribution in [0.15, 0.2) is 27.4 Å². The van der Waals surface area contributed by atoms with Crippen molar-refractivity contribution in [3.63, 3.8) is 0 Å². The molecule has 0 spiro atoms. The fourth-order valence-corrected chi connectivity index (χ4v) is 1.99. The molecule has 2 rings (SSSR count). The van der Waals surface area contributed by atoms with E-state index in [1.54, 1.807) is 7.05 Å². The molecule has 0 bridgehead atoms. The van der Waals surface area contributed by atoms with Crippen molar-refractivity contribution < 1.29 is 4.42 Å². The smallest absolute Gasteiger partial charge is 0.408 e. The van der Waals surface area contributed by atoms with Gasteiger partial charge in [0.15, 0.2) is 5.58 Å². The second-order valence-electron chi connectivity index (χ2n) is 4.30. The fourth-order valence-electron chi connectivity index (χ4n) is 1.71. The first-order chi connectivity index (χ1) is 7.50. The van der Waals surface area contributed by atoms with E-state index in [9.17, 15) is 4.79 Å². The van der Waals surface area contributed by atoms with Crippen molar-refractivity contribution in [2.45, 2.75) is 18.7 Å². The predicted molar refractivity (Wildman–Crippen MR) is 68.0 cm³/mol. The highest BCUT2D eigenvalue weighted by Gasteiger charge is 2.14. The number of hydrogen-bond donors (Lipinski definition) is 0. The molecule has 0 aliphatic carbocycles. The van der Waals surface area contributed by atoms with Crippen LogP contribution < -0.4 is 5.76 Å². The zero-order valence-electron chi connectivity index (χ0n) is 9.53. The van der Waals surface area contributed by atoms with Crippen LogP contribution in [0.25, 0.3) is 11.1 Å². The van der Waals surface area contributed by atoms with E-state index in [1.807, 2.05) is 18.2 Å². The van der Waals surface area contributed by atoms with E-state index < -0.39 is 0 Å². The second kappa shape index (κ2) is 4.09. The number of oxazole rings is 1. The highest BCUT2D eigenvalue weighted by Crippen LogP contribution is 2.32. The maximum Gasteiger partial charge on any atom is 0.419 e. The summed E-state index contributed by atoms with van der Waals surface area (Å²) < 4.78 is 6.67. The van der Waals surface area contributed by atoms with Gasteiger partial charge < -0.3 is 4.42 Å². The van der Waals surface area contributed by atoms with Gasteiger partial charge in [-0.2, -0.15) is 0 Å². The van der Waals surface area contributed by atoms with E-state index in [0.29, 0.717) is 11.5 Å². The Balaban J connectivity index is 2.57. The van der Waals surface area contributed by atoms with Gasteiger partial charge in [-0.15, -0.1) is 0 Å². The van der Waals surface area contributed by atoms with Gasteiger partial charge >= 0.3 is 5.76 Å². The fraction of sp³-hybridized carbons (Fsp3) is 0.417. The largest absolute Gasteiger partial charge is 0.419 e. The Hall–Kier alpha value is -1.03. The van der Waals surface area contributed by atoms with Gasteiger partial charge in [0.1, 0.15) is 0 Å². The van der Waals surface area contributed by atoms with Gasteiger partial charge in [0.25, 0.3) is 0 Å². The van der Waals surface area contributed by atoms with Crippen LogP contribution in [-0.2, 0) is 7.05 Å². The van der Waals surface area contributed by atoms with Crippen molar-refractivity contribution >= 4 is 27.0 Å². The Labute approximate surface area is 102 Å². The van der Waals surface area contributed by atoms with E-state index >= 15 is 0 Å². The number of benzene rings is 1. The molecule has 16 heavy (non-hydrogen) atoms. The Bertz CT molecular complexity index is 568. The van der Waals surface area contributed by atoms with Crippen LogP contribution in [0.1, 0.15) is 24.2 Å². The first-order valence-electron chi connectivity index (χ1n) is 5.24. The molecule has 0 saturated heterocycles. The lowest BCUT2D eigenvalue weighted by Crippen LogP contribution is -2.08. The summed E-state index contributed by atoms with van der Waals surface area (Å²) in [5.41, 5.74) is 2.61. The summed E-state index contributed by atoms with van der Waals surface area (Å²) in [5, 5.41) is 0. The molecule has 1 atom stereocenters. The highest BCUT2D eigenvalue weighted by molar-refractivity contribution is 9.09. The summed E-state index contributed by atoms with van der Waals surface area (Å²) in [6, 6.07) is 5.87. The minimum Gasteiger partial charge on any atom is -0.408 e. The van der Waals surface area contributed by atoms with Crippen molar-refractivity contribution in [1.29, 1.82) is 0 Å². The number of alkyl halides is 1. The minimum absolute atomic E-state index is 0.280. The molecule has 0 radical (unpaired) electrons. The lowest BCUT2D eigenvalue weighted by atomic mass is 10.0. The molecule has 0 amide bonds. The number of aromatic nitrogens is 1. The quantitative estimate of drug-likeness (QED) is 0.794. The Morgan fingerprint density at radius 3 is 2.69 bits per heavy atom. The van der Waals surface area contributed by atoms with Crippen LogP contribution in [0.3, 0.4) is 0 Å². The third-order valence-electron chi connectivity index (χ3n) is 2.72. The van der Waals surface area contributed by atoms with Gasteiger partial charge in [-0.05, 0) is 23.6 Å². The highest BCUT2D eigenvalue weighted by atomic mass is 79.9. The van der Waals surface area contributed by atoms with E-state index in [0.717, 1.165) is 11.1 Å². The van der Waals surface area contributed by atoms with Gasteiger partial charge in [-0.1, -0.05) is 35.8 Å². The van der Waals surface area contributed by atoms with E-state index in [1.165, 1.54) is 4.57 Å². The molecule has 3 nitrogen and oxygen atoms in total. The van der Waals surface area contributed by atoms with Crippen LogP contribution >= 0.6 is 15.9 Å². The summed E-state index contributed by atoms with van der Waals surface area (Å²) in [7, 11) is 1.71. The molecule has 0 aliphatic heterocycles. The topological polar surface area (TPSA) is 35.1 Å². The monoisotopic (exact) mass is 283 g/mol. The van der Waals surface area contributed by atoms with Gasteiger partial charge in [0.2, 0.25) is 0 Å². The first kappa shape index (κ1) is 11.5. The lowest BCUT2D eigenvalue weighted by molar-refractivity contribution is 0.527. The standard InChI is InChI=1S/C12H14BrNO2/c1-7(2)11(13)8-4-5-9-10(6-8)16-12(15)14(9)3/h4-7,11H,1-3H3. The average molecular weight is 284 g/mol. The maximum absolute atomic E-state index is 11.3. The first-order valence-corrected chi connectivity index (χ1v) is 6.16. The normalized spacial score (nSPS) is 13.6. The number of nitrogens with zero attached hydrogens (tertiary/aromatic N) is 1.